The van der Waals surface area contributed by atoms with Crippen molar-refractivity contribution < 1.29 is 9.47 Å². The molecule has 2 aromatic rings. The molecule has 1 aliphatic rings. The Bertz CT molecular complexity index is 624. The van der Waals surface area contributed by atoms with E-state index in [1.807, 2.05) is 18.2 Å². The van der Waals surface area contributed by atoms with Crippen LogP contribution < -0.4 is 15.2 Å². The molecule has 0 saturated carbocycles. The molecule has 1 unspecified atom stereocenters. The van der Waals surface area contributed by atoms with E-state index < -0.39 is 0 Å². The van der Waals surface area contributed by atoms with E-state index in [9.17, 15) is 0 Å². The number of benzene rings is 1. The molecule has 0 fully saturated rings. The molecule has 2 N–H and O–H groups in total. The third kappa shape index (κ3) is 2.12. The standard InChI is InChI=1S/C14H18N4O2/c1-19-10-4-5-11(12(7-10)20-2)14-17-16-13-6-3-9(15)8-18(13)14/h4-5,7,9H,3,6,8,15H2,1-2H3. The predicted octanol–water partition coefficient (Wildman–Crippen LogP) is 1.24. The zero-order chi connectivity index (χ0) is 14.1. The fraction of sp³-hybridized carbons (Fsp3) is 0.429. The highest BCUT2D eigenvalue weighted by atomic mass is 16.5. The van der Waals surface area contributed by atoms with Gasteiger partial charge in [-0.15, -0.1) is 10.2 Å². The second-order valence-electron chi connectivity index (χ2n) is 4.92. The Kier molecular flexibility index (Phi) is 3.31. The van der Waals surface area contributed by atoms with Crippen LogP contribution in [0.2, 0.25) is 0 Å². The Labute approximate surface area is 117 Å². The van der Waals surface area contributed by atoms with Gasteiger partial charge in [-0.2, -0.15) is 0 Å². The van der Waals surface area contributed by atoms with Gasteiger partial charge in [0.2, 0.25) is 0 Å². The Morgan fingerprint density at radius 1 is 1.25 bits per heavy atom. The van der Waals surface area contributed by atoms with E-state index in [-0.39, 0.29) is 6.04 Å². The topological polar surface area (TPSA) is 75.2 Å². The van der Waals surface area contributed by atoms with Crippen molar-refractivity contribution in [1.82, 2.24) is 14.8 Å². The van der Waals surface area contributed by atoms with Crippen molar-refractivity contribution in [2.75, 3.05) is 14.2 Å². The molecule has 6 nitrogen and oxygen atoms in total. The number of nitrogens with zero attached hydrogens (tertiary/aromatic N) is 3. The maximum absolute atomic E-state index is 6.04. The number of hydrogen-bond donors (Lipinski definition) is 1. The van der Waals surface area contributed by atoms with Gasteiger partial charge in [-0.3, -0.25) is 0 Å². The van der Waals surface area contributed by atoms with E-state index in [0.29, 0.717) is 0 Å². The lowest BCUT2D eigenvalue weighted by Gasteiger charge is -2.21. The molecule has 0 bridgehead atoms. The first-order valence-corrected chi connectivity index (χ1v) is 6.63. The predicted molar refractivity (Wildman–Crippen MR) is 74.9 cm³/mol. The minimum absolute atomic E-state index is 0.154. The van der Waals surface area contributed by atoms with Crippen LogP contribution in [0.25, 0.3) is 11.4 Å². The van der Waals surface area contributed by atoms with E-state index in [0.717, 1.165) is 48.1 Å². The minimum atomic E-state index is 0.154. The summed E-state index contributed by atoms with van der Waals surface area (Å²) in [7, 11) is 3.27. The SMILES string of the molecule is COc1ccc(-c2nnc3n2CC(N)CC3)c(OC)c1. The summed E-state index contributed by atoms with van der Waals surface area (Å²) in [5, 5.41) is 8.56. The second-order valence-corrected chi connectivity index (χ2v) is 4.92. The average Bonchev–Trinajstić information content (AvgIpc) is 2.89. The minimum Gasteiger partial charge on any atom is -0.497 e. The van der Waals surface area contributed by atoms with E-state index in [4.69, 9.17) is 15.2 Å². The van der Waals surface area contributed by atoms with Crippen LogP contribution in [0.4, 0.5) is 0 Å². The summed E-state index contributed by atoms with van der Waals surface area (Å²) in [6, 6.07) is 5.83. The Hall–Kier alpha value is -2.08. The summed E-state index contributed by atoms with van der Waals surface area (Å²) in [5.41, 5.74) is 6.95. The van der Waals surface area contributed by atoms with E-state index in [1.165, 1.54) is 0 Å². The molecule has 106 valence electrons. The molecule has 0 amide bonds. The molecule has 1 aromatic heterocycles. The molecule has 2 heterocycles. The van der Waals surface area contributed by atoms with Crippen LogP contribution in [0.1, 0.15) is 12.2 Å². The van der Waals surface area contributed by atoms with Crippen LogP contribution in [0, 0.1) is 0 Å². The molecule has 0 spiro atoms. The lowest BCUT2D eigenvalue weighted by Crippen LogP contribution is -2.32. The van der Waals surface area contributed by atoms with Gasteiger partial charge in [0, 0.05) is 25.1 Å². The number of aryl methyl sites for hydroxylation is 1. The lowest BCUT2D eigenvalue weighted by molar-refractivity contribution is 0.394. The number of fused-ring (bicyclic) bond motifs is 1. The third-order valence-electron chi connectivity index (χ3n) is 3.63. The molecule has 20 heavy (non-hydrogen) atoms. The number of ether oxygens (including phenoxy) is 2. The summed E-state index contributed by atoms with van der Waals surface area (Å²) < 4.78 is 12.7. The van der Waals surface area contributed by atoms with Gasteiger partial charge in [0.15, 0.2) is 5.82 Å². The van der Waals surface area contributed by atoms with Gasteiger partial charge in [-0.05, 0) is 18.6 Å². The fourth-order valence-electron chi connectivity index (χ4n) is 2.53. The highest BCUT2D eigenvalue weighted by Gasteiger charge is 2.23. The first-order valence-electron chi connectivity index (χ1n) is 6.63. The first kappa shape index (κ1) is 12.9. The van der Waals surface area contributed by atoms with E-state index in [2.05, 4.69) is 14.8 Å². The zero-order valence-corrected chi connectivity index (χ0v) is 11.7. The molecular weight excluding hydrogens is 256 g/mol. The van der Waals surface area contributed by atoms with Crippen molar-refractivity contribution >= 4 is 0 Å². The summed E-state index contributed by atoms with van der Waals surface area (Å²) in [4.78, 5) is 0. The second kappa shape index (κ2) is 5.13. The highest BCUT2D eigenvalue weighted by Crippen LogP contribution is 2.33. The van der Waals surface area contributed by atoms with Crippen molar-refractivity contribution in [3.8, 4) is 22.9 Å². The molecule has 3 rings (SSSR count). The van der Waals surface area contributed by atoms with Gasteiger partial charge in [0.1, 0.15) is 17.3 Å². The van der Waals surface area contributed by atoms with Crippen LogP contribution in [-0.4, -0.2) is 35.0 Å². The number of hydrogen-bond acceptors (Lipinski definition) is 5. The third-order valence-corrected chi connectivity index (χ3v) is 3.63. The molecule has 0 radical (unpaired) electrons. The Balaban J connectivity index is 2.07. The average molecular weight is 274 g/mol. The normalized spacial score (nSPS) is 17.6. The molecule has 1 atom stereocenters. The van der Waals surface area contributed by atoms with Crippen molar-refractivity contribution in [1.29, 1.82) is 0 Å². The van der Waals surface area contributed by atoms with Gasteiger partial charge in [0.05, 0.1) is 19.8 Å². The molecule has 0 saturated heterocycles. The van der Waals surface area contributed by atoms with E-state index >= 15 is 0 Å². The van der Waals surface area contributed by atoms with Gasteiger partial charge in [0.25, 0.3) is 0 Å². The van der Waals surface area contributed by atoms with Crippen LogP contribution in [0.3, 0.4) is 0 Å². The zero-order valence-electron chi connectivity index (χ0n) is 11.7. The molecule has 0 aliphatic carbocycles. The number of methoxy groups -OCH3 is 2. The number of rotatable bonds is 3. The van der Waals surface area contributed by atoms with Crippen molar-refractivity contribution in [2.24, 2.45) is 5.73 Å². The van der Waals surface area contributed by atoms with Gasteiger partial charge in [-0.25, -0.2) is 0 Å². The van der Waals surface area contributed by atoms with E-state index in [1.54, 1.807) is 14.2 Å². The summed E-state index contributed by atoms with van der Waals surface area (Å²) in [6.07, 6.45) is 1.82. The maximum atomic E-state index is 6.04. The summed E-state index contributed by atoms with van der Waals surface area (Å²) in [5.74, 6) is 3.26. The molecule has 1 aromatic carbocycles. The van der Waals surface area contributed by atoms with Crippen LogP contribution in [-0.2, 0) is 13.0 Å². The molecule has 6 heteroatoms. The summed E-state index contributed by atoms with van der Waals surface area (Å²) >= 11 is 0. The first-order chi connectivity index (χ1) is 9.72. The van der Waals surface area contributed by atoms with Crippen LogP contribution >= 0.6 is 0 Å². The van der Waals surface area contributed by atoms with Gasteiger partial charge in [-0.1, -0.05) is 0 Å². The van der Waals surface area contributed by atoms with Crippen molar-refractivity contribution in [3.63, 3.8) is 0 Å². The molecule has 1 aliphatic heterocycles. The fourth-order valence-corrected chi connectivity index (χ4v) is 2.53. The smallest absolute Gasteiger partial charge is 0.167 e. The Morgan fingerprint density at radius 3 is 2.85 bits per heavy atom. The molecular formula is C14H18N4O2. The number of aromatic nitrogens is 3. The maximum Gasteiger partial charge on any atom is 0.167 e. The lowest BCUT2D eigenvalue weighted by atomic mass is 10.1. The highest BCUT2D eigenvalue weighted by molar-refractivity contribution is 5.66. The largest absolute Gasteiger partial charge is 0.497 e. The van der Waals surface area contributed by atoms with Crippen LogP contribution in [0.5, 0.6) is 11.5 Å². The van der Waals surface area contributed by atoms with Crippen molar-refractivity contribution in [2.45, 2.75) is 25.4 Å². The monoisotopic (exact) mass is 274 g/mol. The van der Waals surface area contributed by atoms with Gasteiger partial charge < -0.3 is 19.8 Å². The summed E-state index contributed by atoms with van der Waals surface area (Å²) in [6.45, 7) is 0.743. The van der Waals surface area contributed by atoms with Gasteiger partial charge >= 0.3 is 0 Å². The quantitative estimate of drug-likeness (QED) is 0.911. The Morgan fingerprint density at radius 2 is 2.10 bits per heavy atom. The van der Waals surface area contributed by atoms with Crippen molar-refractivity contribution in [3.05, 3.63) is 24.0 Å². The van der Waals surface area contributed by atoms with Crippen LogP contribution in [0.15, 0.2) is 18.2 Å². The number of nitrogens with two attached hydrogens (primary N) is 1.